The molecule has 1 atom stereocenters. The topological polar surface area (TPSA) is 52.5 Å². The van der Waals surface area contributed by atoms with Crippen LogP contribution in [0.3, 0.4) is 0 Å². The molecule has 4 rings (SSSR count). The van der Waals surface area contributed by atoms with Gasteiger partial charge in [-0.25, -0.2) is 0 Å². The molecule has 0 radical (unpaired) electrons. The van der Waals surface area contributed by atoms with Crippen LogP contribution in [0.2, 0.25) is 0 Å². The van der Waals surface area contributed by atoms with Gasteiger partial charge in [0.1, 0.15) is 0 Å². The number of nitrogens with one attached hydrogen (secondary N) is 1. The van der Waals surface area contributed by atoms with Gasteiger partial charge in [-0.3, -0.25) is 4.79 Å². The van der Waals surface area contributed by atoms with Crippen LogP contribution in [0, 0.1) is 0 Å². The average molecular weight is 350 g/mol. The number of aryl methyl sites for hydroxylation is 2. The number of benzene rings is 2. The molecule has 2 aromatic carbocycles. The number of methoxy groups -OCH3 is 2. The van der Waals surface area contributed by atoms with Gasteiger partial charge in [-0.1, -0.05) is 6.07 Å². The highest BCUT2D eigenvalue weighted by Gasteiger charge is 2.26. The molecule has 1 aromatic heterocycles. The summed E-state index contributed by atoms with van der Waals surface area (Å²) in [5.74, 6) is 1.37. The molecule has 1 amide bonds. The van der Waals surface area contributed by atoms with Gasteiger partial charge < -0.3 is 19.4 Å². The number of nitrogens with zero attached hydrogens (tertiary/aromatic N) is 1. The van der Waals surface area contributed by atoms with Gasteiger partial charge in [0.15, 0.2) is 11.5 Å². The Morgan fingerprint density at radius 2 is 1.88 bits per heavy atom. The smallest absolute Gasteiger partial charge is 0.251 e. The Morgan fingerprint density at radius 1 is 1.12 bits per heavy atom. The number of amides is 1. The normalized spacial score (nSPS) is 15.7. The van der Waals surface area contributed by atoms with Crippen LogP contribution in [0.5, 0.6) is 11.5 Å². The second-order valence-electron chi connectivity index (χ2n) is 6.67. The first-order valence-electron chi connectivity index (χ1n) is 8.71. The highest BCUT2D eigenvalue weighted by Crippen LogP contribution is 2.39. The Hall–Kier alpha value is -2.95. The molecule has 0 saturated carbocycles. The Morgan fingerprint density at radius 3 is 2.65 bits per heavy atom. The van der Waals surface area contributed by atoms with Gasteiger partial charge in [0, 0.05) is 24.3 Å². The van der Waals surface area contributed by atoms with Crippen molar-refractivity contribution < 1.29 is 14.3 Å². The summed E-state index contributed by atoms with van der Waals surface area (Å²) in [4.78, 5) is 12.8. The van der Waals surface area contributed by atoms with E-state index in [1.54, 1.807) is 14.2 Å². The van der Waals surface area contributed by atoms with Gasteiger partial charge in [0.25, 0.3) is 5.91 Å². The number of aromatic nitrogens is 1. The molecule has 0 fully saturated rings. The van der Waals surface area contributed by atoms with Crippen LogP contribution in [-0.2, 0) is 13.5 Å². The zero-order valence-corrected chi connectivity index (χ0v) is 15.2. The van der Waals surface area contributed by atoms with Crippen LogP contribution in [0.4, 0.5) is 0 Å². The molecule has 1 N–H and O–H groups in total. The van der Waals surface area contributed by atoms with Crippen LogP contribution < -0.4 is 14.8 Å². The predicted octanol–water partition coefficient (Wildman–Crippen LogP) is 3.61. The Balaban J connectivity index is 1.60. The van der Waals surface area contributed by atoms with E-state index in [0.29, 0.717) is 11.3 Å². The van der Waals surface area contributed by atoms with Crippen molar-refractivity contribution in [3.8, 4) is 11.5 Å². The highest BCUT2D eigenvalue weighted by atomic mass is 16.5. The molecule has 1 aliphatic carbocycles. The van der Waals surface area contributed by atoms with Crippen LogP contribution >= 0.6 is 0 Å². The van der Waals surface area contributed by atoms with E-state index >= 15 is 0 Å². The lowest BCUT2D eigenvalue weighted by atomic mass is 10.1. The van der Waals surface area contributed by atoms with E-state index in [-0.39, 0.29) is 11.9 Å². The molecule has 26 heavy (non-hydrogen) atoms. The number of hydrogen-bond acceptors (Lipinski definition) is 3. The lowest BCUT2D eigenvalue weighted by Gasteiger charge is -2.16. The van der Waals surface area contributed by atoms with Crippen molar-refractivity contribution in [2.45, 2.75) is 18.9 Å². The molecule has 5 heteroatoms. The molecule has 5 nitrogen and oxygen atoms in total. The standard InChI is InChI=1S/C21H22N2O3/c1-23-9-8-13-4-5-15(10-18(13)23)21(24)22-17-7-6-14-11-19(25-2)20(26-3)12-16(14)17/h4-5,8-12,17H,6-7H2,1-3H3,(H,22,24)/t17-/m1/s1. The SMILES string of the molecule is COc1cc2c(cc1OC)[C@H](NC(=O)c1ccc3ccn(C)c3c1)CC2. The van der Waals surface area contributed by atoms with E-state index in [1.165, 1.54) is 5.56 Å². The minimum atomic E-state index is -0.0549. The average Bonchev–Trinajstić information content (AvgIpc) is 3.23. The van der Waals surface area contributed by atoms with Gasteiger partial charge in [0.05, 0.1) is 20.3 Å². The third kappa shape index (κ3) is 2.69. The summed E-state index contributed by atoms with van der Waals surface area (Å²) in [5, 5.41) is 4.30. The molecule has 0 aliphatic heterocycles. The molecular weight excluding hydrogens is 328 g/mol. The summed E-state index contributed by atoms with van der Waals surface area (Å²) in [6, 6.07) is 11.8. The Kier molecular flexibility index (Phi) is 4.07. The molecule has 0 unspecified atom stereocenters. The first-order valence-corrected chi connectivity index (χ1v) is 8.71. The monoisotopic (exact) mass is 350 g/mol. The van der Waals surface area contributed by atoms with Crippen molar-refractivity contribution in [2.75, 3.05) is 14.2 Å². The Labute approximate surface area is 152 Å². The number of hydrogen-bond donors (Lipinski definition) is 1. The summed E-state index contributed by atoms with van der Waals surface area (Å²) in [5.41, 5.74) is 4.03. The first kappa shape index (κ1) is 16.5. The number of fused-ring (bicyclic) bond motifs is 2. The van der Waals surface area contributed by atoms with Gasteiger partial charge in [0.2, 0.25) is 0 Å². The molecule has 134 valence electrons. The molecule has 0 saturated heterocycles. The van der Waals surface area contributed by atoms with Crippen LogP contribution in [-0.4, -0.2) is 24.7 Å². The van der Waals surface area contributed by atoms with E-state index in [0.717, 1.165) is 35.1 Å². The fourth-order valence-corrected chi connectivity index (χ4v) is 3.73. The third-order valence-corrected chi connectivity index (χ3v) is 5.18. The summed E-state index contributed by atoms with van der Waals surface area (Å²) < 4.78 is 12.8. The zero-order valence-electron chi connectivity index (χ0n) is 15.2. The number of rotatable bonds is 4. The van der Waals surface area contributed by atoms with E-state index in [4.69, 9.17) is 9.47 Å². The lowest BCUT2D eigenvalue weighted by molar-refractivity contribution is 0.0937. The van der Waals surface area contributed by atoms with Crippen molar-refractivity contribution in [3.63, 3.8) is 0 Å². The highest BCUT2D eigenvalue weighted by molar-refractivity contribution is 5.98. The molecular formula is C21H22N2O3. The van der Waals surface area contributed by atoms with E-state index in [1.807, 2.05) is 54.2 Å². The largest absolute Gasteiger partial charge is 0.493 e. The minimum Gasteiger partial charge on any atom is -0.493 e. The number of carbonyl (C=O) groups is 1. The van der Waals surface area contributed by atoms with Crippen LogP contribution in [0.25, 0.3) is 10.9 Å². The quantitative estimate of drug-likeness (QED) is 0.782. The Bertz CT molecular complexity index is 990. The first-order chi connectivity index (χ1) is 12.6. The van der Waals surface area contributed by atoms with Crippen LogP contribution in [0.1, 0.15) is 33.9 Å². The van der Waals surface area contributed by atoms with Gasteiger partial charge >= 0.3 is 0 Å². The van der Waals surface area contributed by atoms with E-state index in [9.17, 15) is 4.79 Å². The van der Waals surface area contributed by atoms with Gasteiger partial charge in [-0.15, -0.1) is 0 Å². The van der Waals surface area contributed by atoms with Gasteiger partial charge in [-0.05, 0) is 59.7 Å². The number of carbonyl (C=O) groups excluding carboxylic acids is 1. The maximum absolute atomic E-state index is 12.8. The van der Waals surface area contributed by atoms with Gasteiger partial charge in [-0.2, -0.15) is 0 Å². The molecule has 3 aromatic rings. The summed E-state index contributed by atoms with van der Waals surface area (Å²) in [6.07, 6.45) is 3.79. The molecule has 1 heterocycles. The second kappa shape index (κ2) is 6.41. The lowest BCUT2D eigenvalue weighted by Crippen LogP contribution is -2.27. The minimum absolute atomic E-state index is 0.0126. The fraction of sp³-hybridized carbons (Fsp3) is 0.286. The van der Waals surface area contributed by atoms with Crippen LogP contribution in [0.15, 0.2) is 42.6 Å². The molecule has 0 spiro atoms. The summed E-state index contributed by atoms with van der Waals surface area (Å²) in [7, 11) is 5.25. The predicted molar refractivity (Wildman–Crippen MR) is 101 cm³/mol. The van der Waals surface area contributed by atoms with Crippen molar-refractivity contribution in [3.05, 3.63) is 59.3 Å². The van der Waals surface area contributed by atoms with E-state index < -0.39 is 0 Å². The maximum atomic E-state index is 12.8. The summed E-state index contributed by atoms with van der Waals surface area (Å²) in [6.45, 7) is 0. The maximum Gasteiger partial charge on any atom is 0.251 e. The second-order valence-corrected chi connectivity index (χ2v) is 6.67. The molecule has 1 aliphatic rings. The van der Waals surface area contributed by atoms with E-state index in [2.05, 4.69) is 5.32 Å². The molecule has 0 bridgehead atoms. The fourth-order valence-electron chi connectivity index (χ4n) is 3.73. The zero-order chi connectivity index (χ0) is 18.3. The van der Waals surface area contributed by atoms with Crippen molar-refractivity contribution >= 4 is 16.8 Å². The van der Waals surface area contributed by atoms with Crippen molar-refractivity contribution in [2.24, 2.45) is 7.05 Å². The summed E-state index contributed by atoms with van der Waals surface area (Å²) >= 11 is 0. The third-order valence-electron chi connectivity index (χ3n) is 5.18. The van der Waals surface area contributed by atoms with Crippen molar-refractivity contribution in [1.29, 1.82) is 0 Å². The number of ether oxygens (including phenoxy) is 2. The van der Waals surface area contributed by atoms with Crippen molar-refractivity contribution in [1.82, 2.24) is 9.88 Å².